The molecule has 0 amide bonds. The molecule has 0 aromatic carbocycles. The molecule has 0 aliphatic heterocycles. The minimum Gasteiger partial charge on any atom is -0.144 e. The maximum absolute atomic E-state index is 4.66. The molecule has 0 unspecified atom stereocenters. The minimum atomic E-state index is 1.16. The first-order valence-electron chi connectivity index (χ1n) is 1.92. The number of thiophene rings is 1. The van der Waals surface area contributed by atoms with E-state index in [1.165, 1.54) is 0 Å². The maximum Gasteiger partial charge on any atom is 0.0377 e. The SMILES string of the molecule is S=Cc1cccs1. The highest BCUT2D eigenvalue weighted by molar-refractivity contribution is 7.79. The number of rotatable bonds is 1. The second-order valence-electron chi connectivity index (χ2n) is 1.13. The van der Waals surface area contributed by atoms with Gasteiger partial charge in [-0.2, -0.15) is 0 Å². The van der Waals surface area contributed by atoms with Crippen LogP contribution in [0.15, 0.2) is 17.5 Å². The van der Waals surface area contributed by atoms with Gasteiger partial charge in [-0.05, 0) is 11.4 Å². The van der Waals surface area contributed by atoms with Crippen molar-refractivity contribution in [3.63, 3.8) is 0 Å². The predicted molar refractivity (Wildman–Crippen MR) is 37.1 cm³/mol. The molecule has 0 bridgehead atoms. The average Bonchev–Trinajstić information content (AvgIpc) is 2.14. The topological polar surface area (TPSA) is 0 Å². The lowest BCUT2D eigenvalue weighted by molar-refractivity contribution is 2.00. The van der Waals surface area contributed by atoms with Crippen molar-refractivity contribution in [1.82, 2.24) is 0 Å². The summed E-state index contributed by atoms with van der Waals surface area (Å²) in [5, 5.41) is 3.70. The van der Waals surface area contributed by atoms with Crippen LogP contribution in [0.25, 0.3) is 0 Å². The van der Waals surface area contributed by atoms with Crippen LogP contribution in [0.4, 0.5) is 0 Å². The zero-order valence-electron chi connectivity index (χ0n) is 3.63. The Labute approximate surface area is 51.8 Å². The first kappa shape index (κ1) is 4.94. The molecule has 0 saturated heterocycles. The summed E-state index contributed by atoms with van der Waals surface area (Å²) in [6.07, 6.45) is 0. The Kier molecular flexibility index (Phi) is 1.54. The van der Waals surface area contributed by atoms with E-state index in [4.69, 9.17) is 0 Å². The van der Waals surface area contributed by atoms with E-state index in [2.05, 4.69) is 12.2 Å². The molecule has 0 aliphatic carbocycles. The molecule has 0 spiro atoms. The fourth-order valence-electron chi connectivity index (χ4n) is 0.358. The van der Waals surface area contributed by atoms with Gasteiger partial charge in [-0.15, -0.1) is 11.3 Å². The Balaban J connectivity index is 2.96. The smallest absolute Gasteiger partial charge is 0.0377 e. The first-order valence-corrected chi connectivity index (χ1v) is 3.27. The third kappa shape index (κ3) is 1.08. The largest absolute Gasteiger partial charge is 0.144 e. The molecule has 7 heavy (non-hydrogen) atoms. The standard InChI is InChI=1S/C5H4S2/c6-4-5-2-1-3-7-5/h1-4H. The molecule has 0 nitrogen and oxygen atoms in total. The molecular formula is C5H4S2. The molecule has 1 aromatic rings. The van der Waals surface area contributed by atoms with Crippen molar-refractivity contribution in [2.75, 3.05) is 0 Å². The van der Waals surface area contributed by atoms with Crippen LogP contribution in [-0.2, 0) is 0 Å². The Morgan fingerprint density at radius 1 is 1.71 bits per heavy atom. The van der Waals surface area contributed by atoms with E-state index in [0.29, 0.717) is 0 Å². The van der Waals surface area contributed by atoms with E-state index >= 15 is 0 Å². The van der Waals surface area contributed by atoms with E-state index < -0.39 is 0 Å². The third-order valence-corrected chi connectivity index (χ3v) is 1.88. The van der Waals surface area contributed by atoms with Crippen molar-refractivity contribution >= 4 is 28.9 Å². The summed E-state index contributed by atoms with van der Waals surface area (Å²) in [4.78, 5) is 1.16. The van der Waals surface area contributed by atoms with E-state index in [1.807, 2.05) is 17.5 Å². The van der Waals surface area contributed by atoms with Gasteiger partial charge >= 0.3 is 0 Å². The maximum atomic E-state index is 4.66. The van der Waals surface area contributed by atoms with Crippen LogP contribution in [0.3, 0.4) is 0 Å². The van der Waals surface area contributed by atoms with Crippen molar-refractivity contribution in [3.8, 4) is 0 Å². The first-order chi connectivity index (χ1) is 3.43. The van der Waals surface area contributed by atoms with Gasteiger partial charge in [0.2, 0.25) is 0 Å². The molecule has 2 heteroatoms. The number of thiocarbonyl (C=S) groups is 1. The van der Waals surface area contributed by atoms with Gasteiger partial charge in [0.05, 0.1) is 0 Å². The summed E-state index contributed by atoms with van der Waals surface area (Å²) in [5.74, 6) is 0. The van der Waals surface area contributed by atoms with Crippen LogP contribution < -0.4 is 0 Å². The molecule has 0 radical (unpaired) electrons. The Morgan fingerprint density at radius 3 is 2.86 bits per heavy atom. The quantitative estimate of drug-likeness (QED) is 0.522. The van der Waals surface area contributed by atoms with Crippen LogP contribution in [0.2, 0.25) is 0 Å². The molecule has 1 heterocycles. The molecule has 0 aliphatic rings. The molecule has 0 N–H and O–H groups in total. The highest BCUT2D eigenvalue weighted by Gasteiger charge is 1.80. The summed E-state index contributed by atoms with van der Waals surface area (Å²) >= 11 is 6.32. The van der Waals surface area contributed by atoms with Gasteiger partial charge < -0.3 is 0 Å². The molecule has 1 rings (SSSR count). The van der Waals surface area contributed by atoms with E-state index in [0.717, 1.165) is 4.88 Å². The highest BCUT2D eigenvalue weighted by Crippen LogP contribution is 2.03. The monoisotopic (exact) mass is 128 g/mol. The van der Waals surface area contributed by atoms with Gasteiger partial charge in [0, 0.05) is 10.2 Å². The fraction of sp³-hybridized carbons (Fsp3) is 0. The second-order valence-corrected chi connectivity index (χ2v) is 2.35. The zero-order valence-corrected chi connectivity index (χ0v) is 5.26. The van der Waals surface area contributed by atoms with Crippen LogP contribution in [0.5, 0.6) is 0 Å². The van der Waals surface area contributed by atoms with Gasteiger partial charge in [0.1, 0.15) is 0 Å². The Morgan fingerprint density at radius 2 is 2.57 bits per heavy atom. The molecule has 0 saturated carbocycles. The molecule has 36 valence electrons. The van der Waals surface area contributed by atoms with Crippen molar-refractivity contribution in [2.45, 2.75) is 0 Å². The average molecular weight is 128 g/mol. The summed E-state index contributed by atoms with van der Waals surface area (Å²) in [5.41, 5.74) is 0. The highest BCUT2D eigenvalue weighted by atomic mass is 32.1. The van der Waals surface area contributed by atoms with Gasteiger partial charge in [0.15, 0.2) is 0 Å². The second kappa shape index (κ2) is 2.19. The van der Waals surface area contributed by atoms with Crippen LogP contribution in [0.1, 0.15) is 4.88 Å². The van der Waals surface area contributed by atoms with E-state index in [-0.39, 0.29) is 0 Å². The molecule has 0 fully saturated rings. The summed E-state index contributed by atoms with van der Waals surface area (Å²) in [6, 6.07) is 3.99. The Bertz CT molecular complexity index is 141. The number of hydrogen-bond donors (Lipinski definition) is 0. The normalized spacial score (nSPS) is 8.57. The van der Waals surface area contributed by atoms with E-state index in [1.54, 1.807) is 16.7 Å². The zero-order chi connectivity index (χ0) is 5.11. The van der Waals surface area contributed by atoms with Gasteiger partial charge in [0.25, 0.3) is 0 Å². The Hall–Kier alpha value is -0.210. The van der Waals surface area contributed by atoms with Crippen LogP contribution in [-0.4, -0.2) is 5.37 Å². The summed E-state index contributed by atoms with van der Waals surface area (Å²) in [6.45, 7) is 0. The van der Waals surface area contributed by atoms with Crippen molar-refractivity contribution in [2.24, 2.45) is 0 Å². The predicted octanol–water partition coefficient (Wildman–Crippen LogP) is 2.10. The third-order valence-electron chi connectivity index (χ3n) is 0.659. The lowest BCUT2D eigenvalue weighted by Gasteiger charge is -1.69. The van der Waals surface area contributed by atoms with Gasteiger partial charge in [-0.3, -0.25) is 0 Å². The van der Waals surface area contributed by atoms with Crippen molar-refractivity contribution in [3.05, 3.63) is 22.4 Å². The van der Waals surface area contributed by atoms with E-state index in [9.17, 15) is 0 Å². The summed E-state index contributed by atoms with van der Waals surface area (Å²) < 4.78 is 0. The molecule has 0 atom stereocenters. The van der Waals surface area contributed by atoms with Crippen molar-refractivity contribution < 1.29 is 0 Å². The fourth-order valence-corrected chi connectivity index (χ4v) is 1.13. The molecule has 1 aromatic heterocycles. The number of hydrogen-bond acceptors (Lipinski definition) is 2. The van der Waals surface area contributed by atoms with Crippen LogP contribution >= 0.6 is 23.6 Å². The van der Waals surface area contributed by atoms with Crippen LogP contribution in [0, 0.1) is 0 Å². The summed E-state index contributed by atoms with van der Waals surface area (Å²) in [7, 11) is 0. The van der Waals surface area contributed by atoms with Gasteiger partial charge in [-0.25, -0.2) is 0 Å². The van der Waals surface area contributed by atoms with Gasteiger partial charge in [-0.1, -0.05) is 18.3 Å². The van der Waals surface area contributed by atoms with Crippen molar-refractivity contribution in [1.29, 1.82) is 0 Å². The molecular weight excluding hydrogens is 124 g/mol. The lowest BCUT2D eigenvalue weighted by atomic mass is 10.5. The lowest BCUT2D eigenvalue weighted by Crippen LogP contribution is -1.58. The minimum absolute atomic E-state index is 1.16.